The van der Waals surface area contributed by atoms with E-state index >= 15 is 0 Å². The highest BCUT2D eigenvalue weighted by Crippen LogP contribution is 2.30. The first-order chi connectivity index (χ1) is 13.3. The Morgan fingerprint density at radius 3 is 2.68 bits per heavy atom. The van der Waals surface area contributed by atoms with Crippen LogP contribution in [0.15, 0.2) is 24.3 Å². The summed E-state index contributed by atoms with van der Waals surface area (Å²) in [5.41, 5.74) is 1.76. The molecule has 7 nitrogen and oxygen atoms in total. The number of nitrogens with zero attached hydrogens (tertiary/aromatic N) is 2. The lowest BCUT2D eigenvalue weighted by molar-refractivity contribution is -0.115. The Balaban J connectivity index is 1.62. The van der Waals surface area contributed by atoms with Crippen molar-refractivity contribution in [3.05, 3.63) is 40.4 Å². The molecule has 0 aliphatic carbocycles. The van der Waals surface area contributed by atoms with E-state index in [0.717, 1.165) is 21.9 Å². The number of carbonyl (C=O) groups is 1. The Bertz CT molecular complexity index is 937. The van der Waals surface area contributed by atoms with Gasteiger partial charge in [0.25, 0.3) is 0 Å². The van der Waals surface area contributed by atoms with Gasteiger partial charge in [-0.25, -0.2) is 13.4 Å². The third-order valence-corrected chi connectivity index (χ3v) is 7.72. The highest BCUT2D eigenvalue weighted by molar-refractivity contribution is 7.89. The van der Waals surface area contributed by atoms with Gasteiger partial charge in [-0.15, -0.1) is 11.3 Å². The predicted octanol–water partition coefficient (Wildman–Crippen LogP) is 2.82. The van der Waals surface area contributed by atoms with Gasteiger partial charge in [-0.1, -0.05) is 12.1 Å². The molecule has 0 unspecified atom stereocenters. The van der Waals surface area contributed by atoms with Crippen LogP contribution in [0.25, 0.3) is 0 Å². The van der Waals surface area contributed by atoms with Crippen molar-refractivity contribution in [3.63, 3.8) is 0 Å². The summed E-state index contributed by atoms with van der Waals surface area (Å²) in [5, 5.41) is 2.90. The fourth-order valence-corrected chi connectivity index (χ4v) is 5.33. The second-order valence-electron chi connectivity index (χ2n) is 6.87. The molecule has 0 saturated heterocycles. The number of amides is 1. The van der Waals surface area contributed by atoms with Crippen LogP contribution in [0.3, 0.4) is 0 Å². The summed E-state index contributed by atoms with van der Waals surface area (Å²) >= 11 is 1.35. The summed E-state index contributed by atoms with van der Waals surface area (Å²) in [5.74, 6) is 0.627. The van der Waals surface area contributed by atoms with Crippen molar-refractivity contribution in [1.29, 1.82) is 0 Å². The van der Waals surface area contributed by atoms with Crippen LogP contribution in [-0.2, 0) is 34.2 Å². The Labute approximate surface area is 169 Å². The molecule has 1 amide bonds. The molecule has 0 atom stereocenters. The summed E-state index contributed by atoms with van der Waals surface area (Å²) in [6.45, 7) is 6.64. The molecule has 2 heterocycles. The molecule has 0 bridgehead atoms. The van der Waals surface area contributed by atoms with Gasteiger partial charge in [0.1, 0.15) is 5.75 Å². The van der Waals surface area contributed by atoms with Crippen LogP contribution in [0.5, 0.6) is 5.75 Å². The van der Waals surface area contributed by atoms with E-state index < -0.39 is 15.3 Å². The molecule has 1 aliphatic heterocycles. The summed E-state index contributed by atoms with van der Waals surface area (Å²) in [6, 6.07) is 7.42. The number of hydrogen-bond donors (Lipinski definition) is 1. The van der Waals surface area contributed by atoms with Crippen molar-refractivity contribution in [2.24, 2.45) is 0 Å². The van der Waals surface area contributed by atoms with Crippen molar-refractivity contribution in [3.8, 4) is 5.75 Å². The fourth-order valence-electron chi connectivity index (χ4n) is 2.96. The Morgan fingerprint density at radius 2 is 2.04 bits per heavy atom. The first-order valence-corrected chi connectivity index (χ1v) is 11.6. The standard InChI is InChI=1S/C19H25N3O4S2/c1-4-26-15-7-5-14(6-8-15)11-18(23)21-19-20-16-9-10-22(12-17(16)27-19)28(24,25)13(2)3/h5-8,13H,4,9-12H2,1-3H3,(H,20,21,23). The zero-order valence-electron chi connectivity index (χ0n) is 16.3. The van der Waals surface area contributed by atoms with E-state index in [4.69, 9.17) is 4.74 Å². The maximum atomic E-state index is 12.4. The van der Waals surface area contributed by atoms with Crippen LogP contribution in [0, 0.1) is 0 Å². The molecule has 0 spiro atoms. The maximum absolute atomic E-state index is 12.4. The Hall–Kier alpha value is -1.97. The lowest BCUT2D eigenvalue weighted by atomic mass is 10.1. The smallest absolute Gasteiger partial charge is 0.230 e. The number of carbonyl (C=O) groups excluding carboxylic acids is 1. The summed E-state index contributed by atoms with van der Waals surface area (Å²) in [7, 11) is -3.29. The molecular formula is C19H25N3O4S2. The molecule has 0 fully saturated rings. The van der Waals surface area contributed by atoms with Gasteiger partial charge < -0.3 is 10.1 Å². The van der Waals surface area contributed by atoms with Crippen molar-refractivity contribution in [1.82, 2.24) is 9.29 Å². The summed E-state index contributed by atoms with van der Waals surface area (Å²) in [6.07, 6.45) is 0.803. The Kier molecular flexibility index (Phi) is 6.36. The zero-order chi connectivity index (χ0) is 20.3. The number of ether oxygens (including phenoxy) is 1. The number of anilines is 1. The number of benzene rings is 1. The van der Waals surface area contributed by atoms with Gasteiger partial charge in [0.15, 0.2) is 5.13 Å². The van der Waals surface area contributed by atoms with E-state index in [-0.39, 0.29) is 12.3 Å². The van der Waals surface area contributed by atoms with Crippen molar-refractivity contribution in [2.75, 3.05) is 18.5 Å². The molecule has 1 aromatic heterocycles. The molecule has 9 heteroatoms. The number of fused-ring (bicyclic) bond motifs is 1. The van der Waals surface area contributed by atoms with Gasteiger partial charge in [0.2, 0.25) is 15.9 Å². The highest BCUT2D eigenvalue weighted by Gasteiger charge is 2.31. The first kappa shape index (κ1) is 20.8. The number of sulfonamides is 1. The predicted molar refractivity (Wildman–Crippen MR) is 110 cm³/mol. The van der Waals surface area contributed by atoms with Gasteiger partial charge in [-0.3, -0.25) is 4.79 Å². The van der Waals surface area contributed by atoms with Gasteiger partial charge in [-0.05, 0) is 38.5 Å². The van der Waals surface area contributed by atoms with Gasteiger partial charge in [-0.2, -0.15) is 4.31 Å². The minimum Gasteiger partial charge on any atom is -0.494 e. The van der Waals surface area contributed by atoms with Gasteiger partial charge in [0, 0.05) is 24.4 Å². The summed E-state index contributed by atoms with van der Waals surface area (Å²) < 4.78 is 31.7. The largest absolute Gasteiger partial charge is 0.494 e. The SMILES string of the molecule is CCOc1ccc(CC(=O)Nc2nc3c(s2)CN(S(=O)(=O)C(C)C)CC3)cc1. The molecule has 0 saturated carbocycles. The molecule has 28 heavy (non-hydrogen) atoms. The van der Waals surface area contributed by atoms with E-state index in [1.54, 1.807) is 13.8 Å². The molecule has 1 aromatic carbocycles. The lowest BCUT2D eigenvalue weighted by Gasteiger charge is -2.26. The Morgan fingerprint density at radius 1 is 1.32 bits per heavy atom. The van der Waals surface area contributed by atoms with Crippen molar-refractivity contribution < 1.29 is 17.9 Å². The second-order valence-corrected chi connectivity index (χ2v) is 10.4. The average molecular weight is 424 g/mol. The molecule has 1 N–H and O–H groups in total. The number of aromatic nitrogens is 1. The van der Waals surface area contributed by atoms with Crippen LogP contribution >= 0.6 is 11.3 Å². The fraction of sp³-hybridized carbons (Fsp3) is 0.474. The maximum Gasteiger partial charge on any atom is 0.230 e. The molecule has 0 radical (unpaired) electrons. The number of rotatable bonds is 7. The average Bonchev–Trinajstić information content (AvgIpc) is 3.04. The van der Waals surface area contributed by atoms with Crippen LogP contribution in [-0.4, -0.2) is 42.0 Å². The van der Waals surface area contributed by atoms with E-state index in [2.05, 4.69) is 10.3 Å². The number of nitrogens with one attached hydrogen (secondary N) is 1. The van der Waals surface area contributed by atoms with E-state index in [1.165, 1.54) is 15.6 Å². The molecule has 3 rings (SSSR count). The normalized spacial score (nSPS) is 14.7. The van der Waals surface area contributed by atoms with Gasteiger partial charge >= 0.3 is 0 Å². The van der Waals surface area contributed by atoms with E-state index in [1.807, 2.05) is 31.2 Å². The van der Waals surface area contributed by atoms with Gasteiger partial charge in [0.05, 0.1) is 24.0 Å². The molecule has 152 valence electrons. The summed E-state index contributed by atoms with van der Waals surface area (Å²) in [4.78, 5) is 17.7. The van der Waals surface area contributed by atoms with Crippen LogP contribution in [0.4, 0.5) is 5.13 Å². The topological polar surface area (TPSA) is 88.6 Å². The molecule has 2 aromatic rings. The number of thiazole rings is 1. The number of hydrogen-bond acceptors (Lipinski definition) is 6. The van der Waals surface area contributed by atoms with Crippen molar-refractivity contribution in [2.45, 2.75) is 45.4 Å². The van der Waals surface area contributed by atoms with Crippen LogP contribution in [0.2, 0.25) is 0 Å². The lowest BCUT2D eigenvalue weighted by Crippen LogP contribution is -2.39. The monoisotopic (exact) mass is 423 g/mol. The molecule has 1 aliphatic rings. The van der Waals surface area contributed by atoms with E-state index in [9.17, 15) is 13.2 Å². The van der Waals surface area contributed by atoms with Crippen molar-refractivity contribution >= 4 is 32.4 Å². The second kappa shape index (κ2) is 8.59. The van der Waals surface area contributed by atoms with Crippen LogP contribution < -0.4 is 10.1 Å². The first-order valence-electron chi connectivity index (χ1n) is 9.28. The third kappa shape index (κ3) is 4.71. The highest BCUT2D eigenvalue weighted by atomic mass is 32.2. The minimum absolute atomic E-state index is 0.151. The third-order valence-electron chi connectivity index (χ3n) is 4.50. The van der Waals surface area contributed by atoms with Crippen LogP contribution in [0.1, 0.15) is 36.9 Å². The van der Waals surface area contributed by atoms with E-state index in [0.29, 0.717) is 31.2 Å². The minimum atomic E-state index is -3.29. The zero-order valence-corrected chi connectivity index (χ0v) is 17.9. The quantitative estimate of drug-likeness (QED) is 0.740. The molecular weight excluding hydrogens is 398 g/mol.